The van der Waals surface area contributed by atoms with Gasteiger partial charge < -0.3 is 10.0 Å². The van der Waals surface area contributed by atoms with Crippen LogP contribution in [-0.4, -0.2) is 60.9 Å². The molecule has 5 nitrogen and oxygen atoms in total. The monoisotopic (exact) mass is 214 g/mol. The molecule has 0 aromatic heterocycles. The fraction of sp³-hybridized carbons (Fsp3) is 0.600. The molecule has 0 aliphatic heterocycles. The van der Waals surface area contributed by atoms with Crippen LogP contribution < -0.4 is 0 Å². The Kier molecular flexibility index (Phi) is 5.00. The van der Waals surface area contributed by atoms with Crippen molar-refractivity contribution < 1.29 is 14.7 Å². The zero-order chi connectivity index (χ0) is 12.2. The van der Waals surface area contributed by atoms with Crippen molar-refractivity contribution in [1.29, 1.82) is 0 Å². The van der Waals surface area contributed by atoms with E-state index in [1.54, 1.807) is 44.9 Å². The van der Waals surface area contributed by atoms with E-state index in [1.165, 1.54) is 6.20 Å². The van der Waals surface area contributed by atoms with Crippen LogP contribution in [0.25, 0.3) is 0 Å². The van der Waals surface area contributed by atoms with Gasteiger partial charge in [-0.25, -0.2) is 4.79 Å². The van der Waals surface area contributed by atoms with Crippen LogP contribution in [0.3, 0.4) is 0 Å². The van der Waals surface area contributed by atoms with Gasteiger partial charge in [0.1, 0.15) is 5.57 Å². The van der Waals surface area contributed by atoms with E-state index in [2.05, 4.69) is 0 Å². The standard InChI is InChI=1S/C10H18N2O3/c1-7(12(4)5)9(13)8(10(14)15)6-11(2)3/h6-7H,1-5H3,(H,14,15)/b8-6-. The van der Waals surface area contributed by atoms with Gasteiger partial charge in [-0.1, -0.05) is 0 Å². The number of aliphatic carboxylic acids is 1. The third-order valence-corrected chi connectivity index (χ3v) is 2.04. The molecule has 1 N–H and O–H groups in total. The molecule has 0 aliphatic rings. The van der Waals surface area contributed by atoms with Gasteiger partial charge in [0.05, 0.1) is 6.04 Å². The van der Waals surface area contributed by atoms with Gasteiger partial charge in [-0.3, -0.25) is 9.69 Å². The van der Waals surface area contributed by atoms with Crippen molar-refractivity contribution in [2.75, 3.05) is 28.2 Å². The van der Waals surface area contributed by atoms with Crippen molar-refractivity contribution in [1.82, 2.24) is 9.80 Å². The number of hydrogen-bond donors (Lipinski definition) is 1. The van der Waals surface area contributed by atoms with Crippen LogP contribution in [0.5, 0.6) is 0 Å². The van der Waals surface area contributed by atoms with E-state index >= 15 is 0 Å². The molecule has 0 rings (SSSR count). The molecule has 0 spiro atoms. The lowest BCUT2D eigenvalue weighted by atomic mass is 10.1. The lowest BCUT2D eigenvalue weighted by molar-refractivity contribution is -0.135. The Morgan fingerprint density at radius 2 is 1.67 bits per heavy atom. The summed E-state index contributed by atoms with van der Waals surface area (Å²) >= 11 is 0. The number of carbonyl (C=O) groups is 2. The summed E-state index contributed by atoms with van der Waals surface area (Å²) < 4.78 is 0. The van der Waals surface area contributed by atoms with E-state index in [-0.39, 0.29) is 11.4 Å². The largest absolute Gasteiger partial charge is 0.478 e. The zero-order valence-corrected chi connectivity index (χ0v) is 9.81. The summed E-state index contributed by atoms with van der Waals surface area (Å²) in [6, 6.07) is -0.438. The highest BCUT2D eigenvalue weighted by atomic mass is 16.4. The molecular formula is C10H18N2O3. The lowest BCUT2D eigenvalue weighted by Gasteiger charge is -2.19. The molecule has 0 saturated carbocycles. The molecule has 1 unspecified atom stereocenters. The maximum atomic E-state index is 11.7. The molecule has 0 fully saturated rings. The first-order chi connectivity index (χ1) is 6.77. The smallest absolute Gasteiger partial charge is 0.340 e. The normalized spacial score (nSPS) is 13.9. The van der Waals surface area contributed by atoms with E-state index in [4.69, 9.17) is 5.11 Å². The Hall–Kier alpha value is -1.36. The van der Waals surface area contributed by atoms with Crippen LogP contribution >= 0.6 is 0 Å². The minimum atomic E-state index is -1.19. The summed E-state index contributed by atoms with van der Waals surface area (Å²) in [5.74, 6) is -1.58. The van der Waals surface area contributed by atoms with E-state index in [0.29, 0.717) is 0 Å². The first-order valence-corrected chi connectivity index (χ1v) is 4.59. The fourth-order valence-electron chi connectivity index (χ4n) is 0.942. The van der Waals surface area contributed by atoms with Crippen molar-refractivity contribution >= 4 is 11.8 Å². The van der Waals surface area contributed by atoms with Gasteiger partial charge in [-0.2, -0.15) is 0 Å². The Balaban J connectivity index is 4.96. The second-order valence-electron chi connectivity index (χ2n) is 3.82. The zero-order valence-electron chi connectivity index (χ0n) is 9.81. The van der Waals surface area contributed by atoms with Gasteiger partial charge >= 0.3 is 5.97 Å². The van der Waals surface area contributed by atoms with Crippen LogP contribution in [0, 0.1) is 0 Å². The maximum Gasteiger partial charge on any atom is 0.340 e. The summed E-state index contributed by atoms with van der Waals surface area (Å²) in [6.07, 6.45) is 1.32. The van der Waals surface area contributed by atoms with Gasteiger partial charge in [0, 0.05) is 20.3 Å². The summed E-state index contributed by atoms with van der Waals surface area (Å²) in [7, 11) is 6.82. The van der Waals surface area contributed by atoms with Gasteiger partial charge in [0.15, 0.2) is 5.78 Å². The summed E-state index contributed by atoms with van der Waals surface area (Å²) in [5, 5.41) is 8.89. The molecule has 0 radical (unpaired) electrons. The van der Waals surface area contributed by atoms with Crippen molar-refractivity contribution in [3.05, 3.63) is 11.8 Å². The van der Waals surface area contributed by atoms with E-state index < -0.39 is 12.0 Å². The minimum absolute atomic E-state index is 0.193. The Bertz CT molecular complexity index is 282. The molecule has 15 heavy (non-hydrogen) atoms. The van der Waals surface area contributed by atoms with E-state index in [0.717, 1.165) is 0 Å². The molecule has 0 bridgehead atoms. The minimum Gasteiger partial charge on any atom is -0.478 e. The van der Waals surface area contributed by atoms with E-state index in [9.17, 15) is 9.59 Å². The molecule has 86 valence electrons. The van der Waals surface area contributed by atoms with Crippen LogP contribution in [0.4, 0.5) is 0 Å². The Morgan fingerprint density at radius 3 is 1.93 bits per heavy atom. The molecule has 1 atom stereocenters. The van der Waals surface area contributed by atoms with Crippen LogP contribution in [-0.2, 0) is 9.59 Å². The maximum absolute atomic E-state index is 11.7. The average molecular weight is 214 g/mol. The molecule has 0 saturated heterocycles. The Labute approximate surface area is 90.0 Å². The SMILES string of the molecule is CC(C(=O)/C(=C/N(C)C)C(=O)O)N(C)C. The highest BCUT2D eigenvalue weighted by Crippen LogP contribution is 2.05. The second kappa shape index (κ2) is 5.50. The number of likely N-dealkylation sites (N-methyl/N-ethyl adjacent to an activating group) is 1. The number of Topliss-reactive ketones (excluding diaryl/α,β-unsaturated/α-hetero) is 1. The number of carboxylic acids is 1. The summed E-state index contributed by atoms with van der Waals surface area (Å²) in [6.45, 7) is 1.68. The molecule has 0 heterocycles. The molecule has 0 amide bonds. The van der Waals surface area contributed by atoms with Gasteiger partial charge in [0.2, 0.25) is 0 Å². The quantitative estimate of drug-likeness (QED) is 0.397. The number of rotatable bonds is 5. The first-order valence-electron chi connectivity index (χ1n) is 4.59. The first kappa shape index (κ1) is 13.6. The highest BCUT2D eigenvalue weighted by molar-refractivity contribution is 6.18. The van der Waals surface area contributed by atoms with Crippen molar-refractivity contribution in [2.45, 2.75) is 13.0 Å². The molecule has 5 heteroatoms. The number of carboxylic acid groups (broad SMARTS) is 1. The van der Waals surface area contributed by atoms with Gasteiger partial charge in [-0.05, 0) is 21.0 Å². The summed E-state index contributed by atoms with van der Waals surface area (Å²) in [4.78, 5) is 25.8. The molecule has 0 aromatic carbocycles. The molecular weight excluding hydrogens is 196 g/mol. The fourth-order valence-corrected chi connectivity index (χ4v) is 0.942. The van der Waals surface area contributed by atoms with Crippen molar-refractivity contribution in [2.24, 2.45) is 0 Å². The lowest BCUT2D eigenvalue weighted by Crippen LogP contribution is -2.36. The van der Waals surface area contributed by atoms with Crippen LogP contribution in [0.1, 0.15) is 6.92 Å². The van der Waals surface area contributed by atoms with Crippen molar-refractivity contribution in [3.63, 3.8) is 0 Å². The average Bonchev–Trinajstić information content (AvgIpc) is 2.10. The van der Waals surface area contributed by atoms with E-state index in [1.807, 2.05) is 0 Å². The predicted octanol–water partition coefficient (Wildman–Crippen LogP) is 0.0357. The van der Waals surface area contributed by atoms with Crippen molar-refractivity contribution in [3.8, 4) is 0 Å². The van der Waals surface area contributed by atoms with Crippen LogP contribution in [0.15, 0.2) is 11.8 Å². The van der Waals surface area contributed by atoms with Gasteiger partial charge in [-0.15, -0.1) is 0 Å². The molecule has 0 aromatic rings. The number of ketones is 1. The third kappa shape index (κ3) is 4.12. The van der Waals surface area contributed by atoms with Crippen LogP contribution in [0.2, 0.25) is 0 Å². The molecule has 0 aliphatic carbocycles. The number of hydrogen-bond acceptors (Lipinski definition) is 4. The predicted molar refractivity (Wildman–Crippen MR) is 57.6 cm³/mol. The summed E-state index contributed by atoms with van der Waals surface area (Å²) in [5.41, 5.74) is -0.193. The second-order valence-corrected chi connectivity index (χ2v) is 3.82. The number of carbonyl (C=O) groups excluding carboxylic acids is 1. The third-order valence-electron chi connectivity index (χ3n) is 2.04. The highest BCUT2D eigenvalue weighted by Gasteiger charge is 2.24. The topological polar surface area (TPSA) is 60.9 Å². The Morgan fingerprint density at radius 1 is 1.20 bits per heavy atom. The number of nitrogens with zero attached hydrogens (tertiary/aromatic N) is 2. The van der Waals surface area contributed by atoms with Gasteiger partial charge in [0.25, 0.3) is 0 Å².